The summed E-state index contributed by atoms with van der Waals surface area (Å²) in [6.07, 6.45) is 18.8. The van der Waals surface area contributed by atoms with E-state index in [0.29, 0.717) is 25.0 Å². The van der Waals surface area contributed by atoms with E-state index in [2.05, 4.69) is 49.5 Å². The molecule has 25 heavy (non-hydrogen) atoms. The summed E-state index contributed by atoms with van der Waals surface area (Å²) in [4.78, 5) is 0. The van der Waals surface area contributed by atoms with Crippen LogP contribution in [-0.2, 0) is 9.47 Å². The van der Waals surface area contributed by atoms with E-state index < -0.39 is 0 Å². The first-order chi connectivity index (χ1) is 12.2. The van der Waals surface area contributed by atoms with Crippen LogP contribution in [-0.4, -0.2) is 32.0 Å². The maximum absolute atomic E-state index is 9.02. The zero-order valence-corrected chi connectivity index (χ0v) is 15.2. The number of hydrogen-bond donors (Lipinski definition) is 1. The van der Waals surface area contributed by atoms with Gasteiger partial charge in [-0.15, -0.1) is 0 Å². The lowest BCUT2D eigenvalue weighted by Crippen LogP contribution is -2.15. The fraction of sp³-hybridized carbons (Fsp3) is 0.455. The lowest BCUT2D eigenvalue weighted by Gasteiger charge is -2.28. The van der Waals surface area contributed by atoms with Crippen LogP contribution in [0.4, 0.5) is 0 Å². The molecule has 0 aromatic rings. The number of fused-ring (bicyclic) bond motifs is 1. The van der Waals surface area contributed by atoms with Gasteiger partial charge in [-0.2, -0.15) is 0 Å². The third-order valence-electron chi connectivity index (χ3n) is 5.05. The van der Waals surface area contributed by atoms with E-state index in [-0.39, 0.29) is 6.61 Å². The fourth-order valence-electron chi connectivity index (χ4n) is 3.69. The molecule has 3 heteroatoms. The first-order valence-electron chi connectivity index (χ1n) is 9.12. The number of hydrogen-bond acceptors (Lipinski definition) is 3. The first-order valence-corrected chi connectivity index (χ1v) is 9.12. The van der Waals surface area contributed by atoms with E-state index in [1.807, 2.05) is 0 Å². The fourth-order valence-corrected chi connectivity index (χ4v) is 3.69. The Labute approximate surface area is 150 Å². The predicted octanol–water partition coefficient (Wildman–Crippen LogP) is 4.25. The van der Waals surface area contributed by atoms with Crippen LogP contribution >= 0.6 is 0 Å². The Bertz CT molecular complexity index is 673. The molecule has 2 unspecified atom stereocenters. The number of rotatable bonds is 7. The van der Waals surface area contributed by atoms with E-state index in [1.54, 1.807) is 7.11 Å². The van der Waals surface area contributed by atoms with Crippen molar-refractivity contribution in [1.82, 2.24) is 0 Å². The van der Waals surface area contributed by atoms with Crippen molar-refractivity contribution in [3.8, 4) is 0 Å². The second-order valence-corrected chi connectivity index (χ2v) is 6.89. The quantitative estimate of drug-likeness (QED) is 0.753. The SMILES string of the molecule is COCCC1=C(OCCO)C=CC(C2=CCC3C=C(C)C=CC3=C2)C1. The summed E-state index contributed by atoms with van der Waals surface area (Å²) in [6, 6.07) is 0. The third-order valence-corrected chi connectivity index (χ3v) is 5.05. The minimum Gasteiger partial charge on any atom is -0.491 e. The standard InChI is InChI=1S/C22H28O3/c1-16-3-4-18-14-19(6-5-17(18)13-16)20-7-8-22(25-12-10-23)21(15-20)9-11-24-2/h3-4,6-8,13-14,17,20,23H,5,9-12,15H2,1-2H3. The Morgan fingerprint density at radius 2 is 2.00 bits per heavy atom. The molecule has 2 atom stereocenters. The van der Waals surface area contributed by atoms with Crippen LogP contribution in [0.5, 0.6) is 0 Å². The second-order valence-electron chi connectivity index (χ2n) is 6.89. The van der Waals surface area contributed by atoms with Gasteiger partial charge >= 0.3 is 0 Å². The molecule has 0 heterocycles. The summed E-state index contributed by atoms with van der Waals surface area (Å²) in [7, 11) is 1.73. The van der Waals surface area contributed by atoms with Crippen molar-refractivity contribution in [2.45, 2.75) is 26.2 Å². The van der Waals surface area contributed by atoms with Crippen LogP contribution in [0.2, 0.25) is 0 Å². The van der Waals surface area contributed by atoms with Crippen molar-refractivity contribution >= 4 is 0 Å². The summed E-state index contributed by atoms with van der Waals surface area (Å²) in [5.41, 5.74) is 5.45. The van der Waals surface area contributed by atoms with Crippen LogP contribution in [0.15, 0.2) is 70.6 Å². The van der Waals surface area contributed by atoms with Gasteiger partial charge in [0.2, 0.25) is 0 Å². The highest BCUT2D eigenvalue weighted by Gasteiger charge is 2.23. The molecule has 0 saturated carbocycles. The lowest BCUT2D eigenvalue weighted by molar-refractivity contribution is 0.146. The predicted molar refractivity (Wildman–Crippen MR) is 101 cm³/mol. The molecule has 0 saturated heterocycles. The minimum atomic E-state index is 0.0379. The number of aliphatic hydroxyl groups is 1. The minimum absolute atomic E-state index is 0.0379. The molecule has 1 N–H and O–H groups in total. The molecule has 0 radical (unpaired) electrons. The van der Waals surface area contributed by atoms with Gasteiger partial charge in [0.05, 0.1) is 13.2 Å². The molecule has 0 aliphatic heterocycles. The highest BCUT2D eigenvalue weighted by Crippen LogP contribution is 2.37. The summed E-state index contributed by atoms with van der Waals surface area (Å²) in [5, 5.41) is 9.02. The van der Waals surface area contributed by atoms with Crippen molar-refractivity contribution in [3.63, 3.8) is 0 Å². The van der Waals surface area contributed by atoms with Gasteiger partial charge < -0.3 is 14.6 Å². The van der Waals surface area contributed by atoms with Crippen LogP contribution in [0.1, 0.15) is 26.2 Å². The Hall–Kier alpha value is -1.84. The van der Waals surface area contributed by atoms with Gasteiger partial charge in [0.25, 0.3) is 0 Å². The molecule has 3 aliphatic rings. The smallest absolute Gasteiger partial charge is 0.118 e. The number of ether oxygens (including phenoxy) is 2. The summed E-state index contributed by atoms with van der Waals surface area (Å²) >= 11 is 0. The van der Waals surface area contributed by atoms with Crippen molar-refractivity contribution in [2.24, 2.45) is 11.8 Å². The van der Waals surface area contributed by atoms with Gasteiger partial charge in [0.15, 0.2) is 0 Å². The average Bonchev–Trinajstić information content (AvgIpc) is 2.64. The van der Waals surface area contributed by atoms with Gasteiger partial charge in [0, 0.05) is 18.9 Å². The molecule has 3 nitrogen and oxygen atoms in total. The van der Waals surface area contributed by atoms with Crippen LogP contribution in [0.25, 0.3) is 0 Å². The number of methoxy groups -OCH3 is 1. The van der Waals surface area contributed by atoms with Gasteiger partial charge in [-0.25, -0.2) is 0 Å². The molecule has 3 aliphatic carbocycles. The molecule has 0 spiro atoms. The Morgan fingerprint density at radius 3 is 2.80 bits per heavy atom. The Balaban J connectivity index is 1.73. The summed E-state index contributed by atoms with van der Waals surface area (Å²) in [6.45, 7) is 3.23. The molecule has 0 aromatic heterocycles. The lowest BCUT2D eigenvalue weighted by atomic mass is 9.78. The normalized spacial score (nSPS) is 25.3. The van der Waals surface area contributed by atoms with Crippen LogP contribution in [0.3, 0.4) is 0 Å². The molecule has 0 amide bonds. The highest BCUT2D eigenvalue weighted by atomic mass is 16.5. The second kappa shape index (κ2) is 8.50. The third kappa shape index (κ3) is 4.42. The molecular weight excluding hydrogens is 312 g/mol. The van der Waals surface area contributed by atoms with E-state index >= 15 is 0 Å². The summed E-state index contributed by atoms with van der Waals surface area (Å²) in [5.74, 6) is 1.83. The van der Waals surface area contributed by atoms with Crippen molar-refractivity contribution in [3.05, 3.63) is 70.6 Å². The van der Waals surface area contributed by atoms with Gasteiger partial charge in [-0.05, 0) is 49.0 Å². The maximum Gasteiger partial charge on any atom is 0.118 e. The van der Waals surface area contributed by atoms with Crippen LogP contribution < -0.4 is 0 Å². The van der Waals surface area contributed by atoms with E-state index in [1.165, 1.54) is 22.3 Å². The highest BCUT2D eigenvalue weighted by molar-refractivity contribution is 5.47. The molecule has 3 rings (SSSR count). The number of allylic oxidation sites excluding steroid dienone is 10. The topological polar surface area (TPSA) is 38.7 Å². The number of aliphatic hydroxyl groups excluding tert-OH is 1. The first kappa shape index (κ1) is 18.0. The zero-order valence-electron chi connectivity index (χ0n) is 15.2. The van der Waals surface area contributed by atoms with E-state index in [4.69, 9.17) is 14.6 Å². The maximum atomic E-state index is 9.02. The average molecular weight is 340 g/mol. The molecular formula is C22H28O3. The van der Waals surface area contributed by atoms with Crippen LogP contribution in [0, 0.1) is 11.8 Å². The molecule has 0 aromatic carbocycles. The van der Waals surface area contributed by atoms with Gasteiger partial charge in [0.1, 0.15) is 12.4 Å². The van der Waals surface area contributed by atoms with E-state index in [0.717, 1.165) is 25.0 Å². The van der Waals surface area contributed by atoms with E-state index in [9.17, 15) is 0 Å². The molecule has 134 valence electrons. The Kier molecular flexibility index (Phi) is 6.11. The van der Waals surface area contributed by atoms with Crippen molar-refractivity contribution in [2.75, 3.05) is 26.9 Å². The largest absolute Gasteiger partial charge is 0.491 e. The summed E-state index contributed by atoms with van der Waals surface area (Å²) < 4.78 is 11.0. The van der Waals surface area contributed by atoms with Crippen molar-refractivity contribution in [1.29, 1.82) is 0 Å². The van der Waals surface area contributed by atoms with Crippen molar-refractivity contribution < 1.29 is 14.6 Å². The molecule has 0 fully saturated rings. The van der Waals surface area contributed by atoms with Gasteiger partial charge in [-0.1, -0.05) is 42.0 Å². The molecule has 0 bridgehead atoms. The zero-order chi connectivity index (χ0) is 17.6. The Morgan fingerprint density at radius 1 is 1.12 bits per heavy atom. The van der Waals surface area contributed by atoms with Gasteiger partial charge in [-0.3, -0.25) is 0 Å². The monoisotopic (exact) mass is 340 g/mol.